The molecule has 0 bridgehead atoms. The van der Waals surface area contributed by atoms with Gasteiger partial charge in [-0.25, -0.2) is 0 Å². The highest BCUT2D eigenvalue weighted by Gasteiger charge is 2.12. The highest BCUT2D eigenvalue weighted by Crippen LogP contribution is 2.29. The van der Waals surface area contributed by atoms with Crippen molar-refractivity contribution in [3.8, 4) is 10.8 Å². The largest absolute Gasteiger partial charge is 0.333 e. The van der Waals surface area contributed by atoms with E-state index in [2.05, 4.69) is 22.4 Å². The summed E-state index contributed by atoms with van der Waals surface area (Å²) in [6, 6.07) is 4.03. The van der Waals surface area contributed by atoms with E-state index in [0.717, 1.165) is 15.6 Å². The van der Waals surface area contributed by atoms with Crippen molar-refractivity contribution in [3.63, 3.8) is 0 Å². The van der Waals surface area contributed by atoms with Crippen molar-refractivity contribution in [2.75, 3.05) is 7.05 Å². The van der Waals surface area contributed by atoms with Crippen molar-refractivity contribution >= 4 is 22.9 Å². The van der Waals surface area contributed by atoms with Gasteiger partial charge in [0.1, 0.15) is 0 Å². The van der Waals surface area contributed by atoms with Gasteiger partial charge in [0.25, 0.3) is 5.89 Å². The molecule has 0 radical (unpaired) electrons. The summed E-state index contributed by atoms with van der Waals surface area (Å²) in [5.74, 6) is 1.25. The van der Waals surface area contributed by atoms with Crippen LogP contribution in [-0.2, 0) is 6.42 Å². The Morgan fingerprint density at radius 1 is 1.56 bits per heavy atom. The van der Waals surface area contributed by atoms with E-state index in [-0.39, 0.29) is 0 Å². The summed E-state index contributed by atoms with van der Waals surface area (Å²) in [7, 11) is 1.91. The lowest BCUT2D eigenvalue weighted by Gasteiger charge is -2.04. The summed E-state index contributed by atoms with van der Waals surface area (Å²) in [4.78, 5) is 5.22. The molecule has 1 atom stereocenters. The number of nitrogens with one attached hydrogen (secondary N) is 1. The molecule has 2 heterocycles. The van der Waals surface area contributed by atoms with Crippen LogP contribution in [0.1, 0.15) is 12.7 Å². The van der Waals surface area contributed by atoms with Gasteiger partial charge in [-0.05, 0) is 26.1 Å². The molecular formula is C10H12ClN3OS. The standard InChI is InChI=1S/C10H12ClN3OS/c1-6(12-2)5-9-13-10(15-14-9)7-3-4-8(11)16-7/h3-4,6,12H,5H2,1-2H3. The Morgan fingerprint density at radius 2 is 2.38 bits per heavy atom. The molecule has 1 unspecified atom stereocenters. The number of aromatic nitrogens is 2. The molecule has 1 N–H and O–H groups in total. The highest BCUT2D eigenvalue weighted by molar-refractivity contribution is 7.19. The summed E-state index contributed by atoms with van der Waals surface area (Å²) in [6.45, 7) is 2.07. The molecule has 0 saturated carbocycles. The van der Waals surface area contributed by atoms with Gasteiger partial charge in [-0.2, -0.15) is 4.98 Å². The first-order valence-electron chi connectivity index (χ1n) is 4.94. The lowest BCUT2D eigenvalue weighted by atomic mass is 10.2. The SMILES string of the molecule is CNC(C)Cc1noc(-c2ccc(Cl)s2)n1. The van der Waals surface area contributed by atoms with E-state index in [0.29, 0.717) is 17.8 Å². The predicted molar refractivity (Wildman–Crippen MR) is 64.8 cm³/mol. The molecule has 2 aromatic rings. The van der Waals surface area contributed by atoms with Gasteiger partial charge < -0.3 is 9.84 Å². The lowest BCUT2D eigenvalue weighted by Crippen LogP contribution is -2.24. The van der Waals surface area contributed by atoms with Gasteiger partial charge in [0.05, 0.1) is 9.21 Å². The van der Waals surface area contributed by atoms with Crippen LogP contribution in [-0.4, -0.2) is 23.2 Å². The first-order valence-corrected chi connectivity index (χ1v) is 6.14. The Hall–Kier alpha value is -0.910. The van der Waals surface area contributed by atoms with Crippen LogP contribution in [0.4, 0.5) is 0 Å². The minimum Gasteiger partial charge on any atom is -0.333 e. The number of hydrogen-bond donors (Lipinski definition) is 1. The van der Waals surface area contributed by atoms with Gasteiger partial charge in [0.15, 0.2) is 5.82 Å². The Morgan fingerprint density at radius 3 is 3.00 bits per heavy atom. The number of likely N-dealkylation sites (N-methyl/N-ethyl adjacent to an activating group) is 1. The number of thiophene rings is 1. The van der Waals surface area contributed by atoms with Crippen LogP contribution in [0.5, 0.6) is 0 Å². The summed E-state index contributed by atoms with van der Waals surface area (Å²) in [5.41, 5.74) is 0. The average molecular weight is 258 g/mol. The van der Waals surface area contributed by atoms with Crippen LogP contribution in [0.25, 0.3) is 10.8 Å². The monoisotopic (exact) mass is 257 g/mol. The molecule has 4 nitrogen and oxygen atoms in total. The zero-order valence-electron chi connectivity index (χ0n) is 9.03. The van der Waals surface area contributed by atoms with Crippen molar-refractivity contribution in [3.05, 3.63) is 22.3 Å². The van der Waals surface area contributed by atoms with Gasteiger partial charge in [-0.3, -0.25) is 0 Å². The maximum Gasteiger partial charge on any atom is 0.268 e. The van der Waals surface area contributed by atoms with E-state index >= 15 is 0 Å². The smallest absolute Gasteiger partial charge is 0.268 e. The van der Waals surface area contributed by atoms with Crippen molar-refractivity contribution in [1.82, 2.24) is 15.5 Å². The van der Waals surface area contributed by atoms with E-state index in [4.69, 9.17) is 16.1 Å². The van der Waals surface area contributed by atoms with Crippen LogP contribution in [0.2, 0.25) is 4.34 Å². The molecule has 0 aliphatic rings. The summed E-state index contributed by atoms with van der Waals surface area (Å²) < 4.78 is 5.89. The van der Waals surface area contributed by atoms with E-state index in [1.807, 2.05) is 19.2 Å². The Kier molecular flexibility index (Phi) is 3.58. The molecule has 0 aliphatic carbocycles. The minimum absolute atomic E-state index is 0.331. The third-order valence-corrected chi connectivity index (χ3v) is 3.45. The molecule has 0 spiro atoms. The quantitative estimate of drug-likeness (QED) is 0.915. The van der Waals surface area contributed by atoms with Crippen molar-refractivity contribution in [2.45, 2.75) is 19.4 Å². The van der Waals surface area contributed by atoms with Crippen LogP contribution in [0, 0.1) is 0 Å². The molecule has 0 aromatic carbocycles. The second-order valence-corrected chi connectivity index (χ2v) is 5.23. The maximum atomic E-state index is 5.84. The van der Waals surface area contributed by atoms with Crippen LogP contribution < -0.4 is 5.32 Å². The summed E-state index contributed by atoms with van der Waals surface area (Å²) in [6.07, 6.45) is 0.749. The Balaban J connectivity index is 2.13. The van der Waals surface area contributed by atoms with Crippen LogP contribution in [0.15, 0.2) is 16.7 Å². The van der Waals surface area contributed by atoms with Crippen molar-refractivity contribution in [2.24, 2.45) is 0 Å². The zero-order valence-corrected chi connectivity index (χ0v) is 10.6. The first-order chi connectivity index (χ1) is 7.69. The fourth-order valence-electron chi connectivity index (χ4n) is 1.24. The molecule has 0 saturated heterocycles. The van der Waals surface area contributed by atoms with Crippen molar-refractivity contribution < 1.29 is 4.52 Å². The minimum atomic E-state index is 0.331. The van der Waals surface area contributed by atoms with E-state index in [1.165, 1.54) is 11.3 Å². The summed E-state index contributed by atoms with van der Waals surface area (Å²) in [5, 5.41) is 7.05. The van der Waals surface area contributed by atoms with E-state index < -0.39 is 0 Å². The van der Waals surface area contributed by atoms with Gasteiger partial charge in [-0.15, -0.1) is 11.3 Å². The predicted octanol–water partition coefficient (Wildman–Crippen LogP) is 2.60. The number of hydrogen-bond acceptors (Lipinski definition) is 5. The third kappa shape index (κ3) is 2.61. The molecule has 86 valence electrons. The molecule has 0 aliphatic heterocycles. The topological polar surface area (TPSA) is 51.0 Å². The molecular weight excluding hydrogens is 246 g/mol. The Bertz CT molecular complexity index is 468. The van der Waals surface area contributed by atoms with Gasteiger partial charge >= 0.3 is 0 Å². The van der Waals surface area contributed by atoms with Gasteiger partial charge in [0, 0.05) is 12.5 Å². The third-order valence-electron chi connectivity index (χ3n) is 2.23. The van der Waals surface area contributed by atoms with Gasteiger partial charge in [0.2, 0.25) is 0 Å². The number of nitrogens with zero attached hydrogens (tertiary/aromatic N) is 2. The summed E-state index contributed by atoms with van der Waals surface area (Å²) >= 11 is 7.27. The molecule has 2 rings (SSSR count). The van der Waals surface area contributed by atoms with Crippen LogP contribution >= 0.6 is 22.9 Å². The first kappa shape index (κ1) is 11.6. The molecule has 6 heteroatoms. The molecule has 0 fully saturated rings. The van der Waals surface area contributed by atoms with E-state index in [9.17, 15) is 0 Å². The number of rotatable bonds is 4. The Labute approximate surface area is 103 Å². The van der Waals surface area contributed by atoms with Gasteiger partial charge in [-0.1, -0.05) is 16.8 Å². The zero-order chi connectivity index (χ0) is 11.5. The molecule has 16 heavy (non-hydrogen) atoms. The molecule has 0 amide bonds. The fraction of sp³-hybridized carbons (Fsp3) is 0.400. The molecule has 2 aromatic heterocycles. The maximum absolute atomic E-state index is 5.84. The highest BCUT2D eigenvalue weighted by atomic mass is 35.5. The van der Waals surface area contributed by atoms with E-state index in [1.54, 1.807) is 0 Å². The second kappa shape index (κ2) is 4.95. The van der Waals surface area contributed by atoms with Crippen molar-refractivity contribution in [1.29, 1.82) is 0 Å². The average Bonchev–Trinajstić information content (AvgIpc) is 2.87. The normalized spacial score (nSPS) is 12.9. The lowest BCUT2D eigenvalue weighted by molar-refractivity contribution is 0.419. The second-order valence-electron chi connectivity index (χ2n) is 3.51. The fourth-order valence-corrected chi connectivity index (χ4v) is 2.21. The van der Waals surface area contributed by atoms with Crippen LogP contribution in [0.3, 0.4) is 0 Å². The number of halogens is 1.